The number of thioether (sulfide) groups is 1. The number of amides is 2. The van der Waals surface area contributed by atoms with Crippen LogP contribution in [-0.4, -0.2) is 67.5 Å². The molecule has 2 amide bonds. The molecule has 2 saturated heterocycles. The second-order valence-corrected chi connectivity index (χ2v) is 8.88. The minimum atomic E-state index is -0.257. The molecule has 0 N–H and O–H groups in total. The number of carbonyl (C=O) groups excluding carboxylic acids is 2. The van der Waals surface area contributed by atoms with Crippen LogP contribution in [0.2, 0.25) is 0 Å². The van der Waals surface area contributed by atoms with Gasteiger partial charge in [0.05, 0.1) is 26.0 Å². The van der Waals surface area contributed by atoms with Gasteiger partial charge in [-0.2, -0.15) is 0 Å². The van der Waals surface area contributed by atoms with E-state index >= 15 is 0 Å². The molecule has 32 heavy (non-hydrogen) atoms. The predicted molar refractivity (Wildman–Crippen MR) is 122 cm³/mol. The van der Waals surface area contributed by atoms with E-state index in [1.165, 1.54) is 11.8 Å². The maximum Gasteiger partial charge on any atom is 0.410 e. The van der Waals surface area contributed by atoms with Gasteiger partial charge in [-0.25, -0.2) is 4.79 Å². The zero-order valence-corrected chi connectivity index (χ0v) is 19.2. The fourth-order valence-corrected chi connectivity index (χ4v) is 5.13. The van der Waals surface area contributed by atoms with Gasteiger partial charge in [0.25, 0.3) is 0 Å². The summed E-state index contributed by atoms with van der Waals surface area (Å²) >= 11 is 1.48. The van der Waals surface area contributed by atoms with E-state index in [9.17, 15) is 9.59 Å². The van der Waals surface area contributed by atoms with E-state index in [0.717, 1.165) is 23.3 Å². The Hall–Kier alpha value is -2.87. The maximum atomic E-state index is 12.8. The standard InChI is InChI=1S/C24H28N2O5S/c1-29-21-9-8-19(14-22(21)30-2)32-16-23(27)25-12-10-18(11-13-25)26-20(15-31-24(26)28)17-6-4-3-5-7-17/h3-9,14,18,20H,10-13,15-16H2,1-2H3. The van der Waals surface area contributed by atoms with Gasteiger partial charge in [0, 0.05) is 24.0 Å². The molecule has 8 heteroatoms. The fourth-order valence-electron chi connectivity index (χ4n) is 4.30. The van der Waals surface area contributed by atoms with Crippen LogP contribution in [0.1, 0.15) is 24.4 Å². The third-order valence-corrected chi connectivity index (χ3v) is 7.00. The Bertz CT molecular complexity index is 947. The van der Waals surface area contributed by atoms with Crippen LogP contribution >= 0.6 is 11.8 Å². The average molecular weight is 457 g/mol. The largest absolute Gasteiger partial charge is 0.493 e. The van der Waals surface area contributed by atoms with Gasteiger partial charge in [-0.15, -0.1) is 11.8 Å². The molecule has 2 aliphatic heterocycles. The van der Waals surface area contributed by atoms with Crippen molar-refractivity contribution in [3.8, 4) is 11.5 Å². The molecule has 2 aliphatic rings. The Morgan fingerprint density at radius 2 is 1.78 bits per heavy atom. The van der Waals surface area contributed by atoms with Crippen molar-refractivity contribution in [3.05, 3.63) is 54.1 Å². The fraction of sp³-hybridized carbons (Fsp3) is 0.417. The predicted octanol–water partition coefficient (Wildman–Crippen LogP) is 3.98. The summed E-state index contributed by atoms with van der Waals surface area (Å²) in [6.07, 6.45) is 1.25. The lowest BCUT2D eigenvalue weighted by molar-refractivity contribution is -0.129. The summed E-state index contributed by atoms with van der Waals surface area (Å²) in [6.45, 7) is 1.66. The second-order valence-electron chi connectivity index (χ2n) is 7.83. The van der Waals surface area contributed by atoms with Crippen LogP contribution in [0, 0.1) is 0 Å². The number of hydrogen-bond acceptors (Lipinski definition) is 6. The quantitative estimate of drug-likeness (QED) is 0.587. The zero-order chi connectivity index (χ0) is 22.5. The molecule has 0 bridgehead atoms. The van der Waals surface area contributed by atoms with Gasteiger partial charge in [-0.1, -0.05) is 30.3 Å². The molecule has 1 unspecified atom stereocenters. The smallest absolute Gasteiger partial charge is 0.410 e. The first-order valence-corrected chi connectivity index (χ1v) is 11.7. The van der Waals surface area contributed by atoms with Crippen molar-refractivity contribution >= 4 is 23.8 Å². The molecule has 0 aliphatic carbocycles. The van der Waals surface area contributed by atoms with Crippen LogP contribution in [0.25, 0.3) is 0 Å². The lowest BCUT2D eigenvalue weighted by Crippen LogP contribution is -2.48. The highest BCUT2D eigenvalue weighted by Crippen LogP contribution is 2.34. The lowest BCUT2D eigenvalue weighted by Gasteiger charge is -2.38. The van der Waals surface area contributed by atoms with Gasteiger partial charge in [0.15, 0.2) is 11.5 Å². The third kappa shape index (κ3) is 4.80. The average Bonchev–Trinajstić information content (AvgIpc) is 3.24. The van der Waals surface area contributed by atoms with Gasteiger partial charge in [-0.3, -0.25) is 9.69 Å². The number of rotatable bonds is 7. The number of benzene rings is 2. The Kier molecular flexibility index (Phi) is 7.09. The van der Waals surface area contributed by atoms with Crippen LogP contribution in [0.3, 0.4) is 0 Å². The molecular weight excluding hydrogens is 428 g/mol. The minimum Gasteiger partial charge on any atom is -0.493 e. The van der Waals surface area contributed by atoms with Gasteiger partial charge in [-0.05, 0) is 36.6 Å². The van der Waals surface area contributed by atoms with Crippen LogP contribution in [0.5, 0.6) is 11.5 Å². The van der Waals surface area contributed by atoms with E-state index in [0.29, 0.717) is 36.9 Å². The highest BCUT2D eigenvalue weighted by molar-refractivity contribution is 8.00. The molecule has 4 rings (SSSR count). The summed E-state index contributed by atoms with van der Waals surface area (Å²) < 4.78 is 16.0. The maximum absolute atomic E-state index is 12.8. The normalized spacial score (nSPS) is 19.1. The molecule has 7 nitrogen and oxygen atoms in total. The Balaban J connectivity index is 1.31. The van der Waals surface area contributed by atoms with Gasteiger partial charge in [0.2, 0.25) is 5.91 Å². The molecule has 1 atom stereocenters. The van der Waals surface area contributed by atoms with Crippen molar-refractivity contribution in [2.45, 2.75) is 29.8 Å². The van der Waals surface area contributed by atoms with Crippen molar-refractivity contribution in [1.82, 2.24) is 9.80 Å². The van der Waals surface area contributed by atoms with Crippen LogP contribution < -0.4 is 9.47 Å². The van der Waals surface area contributed by atoms with E-state index in [4.69, 9.17) is 14.2 Å². The zero-order valence-electron chi connectivity index (χ0n) is 18.4. The first-order valence-electron chi connectivity index (χ1n) is 10.7. The van der Waals surface area contributed by atoms with E-state index in [1.54, 1.807) is 14.2 Å². The summed E-state index contributed by atoms with van der Waals surface area (Å²) in [5.41, 5.74) is 1.09. The number of piperidine rings is 1. The highest BCUT2D eigenvalue weighted by atomic mass is 32.2. The summed E-state index contributed by atoms with van der Waals surface area (Å²) in [4.78, 5) is 29.9. The van der Waals surface area contributed by atoms with Crippen LogP contribution in [0.4, 0.5) is 4.79 Å². The Labute approximate surface area is 192 Å². The van der Waals surface area contributed by atoms with Gasteiger partial charge in [0.1, 0.15) is 6.61 Å². The number of cyclic esters (lactones) is 1. The number of methoxy groups -OCH3 is 2. The Morgan fingerprint density at radius 1 is 1.06 bits per heavy atom. The van der Waals surface area contributed by atoms with E-state index < -0.39 is 0 Å². The molecule has 0 radical (unpaired) electrons. The molecular formula is C24H28N2O5S. The van der Waals surface area contributed by atoms with Crippen LogP contribution in [0.15, 0.2) is 53.4 Å². The Morgan fingerprint density at radius 3 is 2.47 bits per heavy atom. The summed E-state index contributed by atoms with van der Waals surface area (Å²) in [5.74, 6) is 1.78. The first-order chi connectivity index (χ1) is 15.6. The van der Waals surface area contributed by atoms with Crippen molar-refractivity contribution in [2.75, 3.05) is 39.7 Å². The number of likely N-dealkylation sites (tertiary alicyclic amines) is 1. The molecule has 2 heterocycles. The summed E-state index contributed by atoms with van der Waals surface area (Å²) in [5, 5.41) is 0. The molecule has 0 spiro atoms. The number of ether oxygens (including phenoxy) is 3. The van der Waals surface area contributed by atoms with Crippen molar-refractivity contribution in [2.24, 2.45) is 0 Å². The molecule has 2 fully saturated rings. The topological polar surface area (TPSA) is 68.3 Å². The highest BCUT2D eigenvalue weighted by Gasteiger charge is 2.40. The van der Waals surface area contributed by atoms with E-state index in [-0.39, 0.29) is 24.1 Å². The minimum absolute atomic E-state index is 0.0587. The van der Waals surface area contributed by atoms with Gasteiger partial charge < -0.3 is 19.1 Å². The third-order valence-electron chi connectivity index (χ3n) is 6.02. The molecule has 0 aromatic heterocycles. The molecule has 2 aromatic carbocycles. The molecule has 170 valence electrons. The van der Waals surface area contributed by atoms with Crippen molar-refractivity contribution in [1.29, 1.82) is 0 Å². The van der Waals surface area contributed by atoms with Crippen molar-refractivity contribution < 1.29 is 23.8 Å². The first kappa shape index (κ1) is 22.3. The molecule has 0 saturated carbocycles. The van der Waals surface area contributed by atoms with E-state index in [1.807, 2.05) is 58.3 Å². The monoisotopic (exact) mass is 456 g/mol. The number of hydrogen-bond donors (Lipinski definition) is 0. The summed E-state index contributed by atoms with van der Waals surface area (Å²) in [6, 6.07) is 15.7. The SMILES string of the molecule is COc1ccc(SCC(=O)N2CCC(N3C(=O)OCC3c3ccccc3)CC2)cc1OC. The van der Waals surface area contributed by atoms with Crippen LogP contribution in [-0.2, 0) is 9.53 Å². The summed E-state index contributed by atoms with van der Waals surface area (Å²) in [7, 11) is 3.20. The number of carbonyl (C=O) groups is 2. The van der Waals surface area contributed by atoms with E-state index in [2.05, 4.69) is 0 Å². The lowest BCUT2D eigenvalue weighted by atomic mass is 9.99. The van der Waals surface area contributed by atoms with Crippen molar-refractivity contribution in [3.63, 3.8) is 0 Å². The molecule has 2 aromatic rings. The number of nitrogens with zero attached hydrogens (tertiary/aromatic N) is 2. The van der Waals surface area contributed by atoms with Gasteiger partial charge >= 0.3 is 6.09 Å². The second kappa shape index (κ2) is 10.2.